The minimum absolute atomic E-state index is 0.0193. The highest BCUT2D eigenvalue weighted by Crippen LogP contribution is 2.30. The van der Waals surface area contributed by atoms with E-state index in [2.05, 4.69) is 5.32 Å². The summed E-state index contributed by atoms with van der Waals surface area (Å²) in [6.07, 6.45) is 0.202. The zero-order valence-corrected chi connectivity index (χ0v) is 13.8. The molecule has 2 aromatic carbocycles. The summed E-state index contributed by atoms with van der Waals surface area (Å²) in [7, 11) is 0. The summed E-state index contributed by atoms with van der Waals surface area (Å²) in [6.45, 7) is -0.125. The molecule has 1 aliphatic heterocycles. The Morgan fingerprint density at radius 2 is 2.04 bits per heavy atom. The van der Waals surface area contributed by atoms with Gasteiger partial charge in [0.05, 0.1) is 11.3 Å². The molecule has 1 N–H and O–H groups in total. The number of halogens is 1. The van der Waals surface area contributed by atoms with Crippen LogP contribution in [0, 0.1) is 10.1 Å². The quantitative estimate of drug-likeness (QED) is 0.655. The second kappa shape index (κ2) is 6.90. The van der Waals surface area contributed by atoms with Crippen LogP contribution in [0.1, 0.15) is 11.1 Å². The van der Waals surface area contributed by atoms with E-state index in [1.807, 2.05) is 0 Å². The number of carbonyl (C=O) groups excluding carboxylic acids is 2. The summed E-state index contributed by atoms with van der Waals surface area (Å²) >= 11 is 5.92. The van der Waals surface area contributed by atoms with Crippen molar-refractivity contribution in [1.29, 1.82) is 0 Å². The van der Waals surface area contributed by atoms with Gasteiger partial charge in [0, 0.05) is 28.9 Å². The van der Waals surface area contributed by atoms with Gasteiger partial charge in [-0.3, -0.25) is 19.7 Å². The van der Waals surface area contributed by atoms with Crippen LogP contribution in [0.3, 0.4) is 0 Å². The number of anilines is 1. The Balaban J connectivity index is 1.66. The lowest BCUT2D eigenvalue weighted by atomic mass is 10.2. The molecule has 0 aliphatic carbocycles. The average molecular weight is 360 g/mol. The molecule has 0 atom stereocenters. The summed E-state index contributed by atoms with van der Waals surface area (Å²) in [5.41, 5.74) is 1.79. The first-order valence-electron chi connectivity index (χ1n) is 7.53. The van der Waals surface area contributed by atoms with Gasteiger partial charge < -0.3 is 10.2 Å². The van der Waals surface area contributed by atoms with Crippen molar-refractivity contribution in [3.63, 3.8) is 0 Å². The molecule has 8 heteroatoms. The lowest BCUT2D eigenvalue weighted by Gasteiger charge is -2.17. The molecule has 0 aromatic heterocycles. The highest BCUT2D eigenvalue weighted by atomic mass is 35.5. The fourth-order valence-corrected chi connectivity index (χ4v) is 2.95. The average Bonchev–Trinajstić information content (AvgIpc) is 2.87. The number of hydrogen-bond acceptors (Lipinski definition) is 4. The van der Waals surface area contributed by atoms with E-state index in [1.165, 1.54) is 11.0 Å². The maximum Gasteiger partial charge on any atom is 0.274 e. The fourth-order valence-electron chi connectivity index (χ4n) is 2.76. The second-order valence-corrected chi connectivity index (χ2v) is 6.03. The lowest BCUT2D eigenvalue weighted by Crippen LogP contribution is -2.38. The predicted octanol–water partition coefficient (Wildman–Crippen LogP) is 2.45. The SMILES string of the molecule is O=C(CN1C(=O)Cc2cc(Cl)ccc21)NCc1ccccc1[N+](=O)[O-]. The molecule has 25 heavy (non-hydrogen) atoms. The van der Waals surface area contributed by atoms with Gasteiger partial charge in [0.1, 0.15) is 6.54 Å². The van der Waals surface area contributed by atoms with Crippen LogP contribution in [0.25, 0.3) is 0 Å². The van der Waals surface area contributed by atoms with E-state index in [0.29, 0.717) is 16.3 Å². The summed E-state index contributed by atoms with van der Waals surface area (Å²) in [6, 6.07) is 11.3. The van der Waals surface area contributed by atoms with E-state index in [-0.39, 0.29) is 31.1 Å². The molecule has 0 unspecified atom stereocenters. The Hall–Kier alpha value is -2.93. The minimum atomic E-state index is -0.495. The van der Waals surface area contributed by atoms with Gasteiger partial charge in [-0.25, -0.2) is 0 Å². The normalized spacial score (nSPS) is 12.8. The van der Waals surface area contributed by atoms with Gasteiger partial charge in [0.25, 0.3) is 5.69 Å². The molecule has 3 rings (SSSR count). The molecular weight excluding hydrogens is 346 g/mol. The number of nitrogens with one attached hydrogen (secondary N) is 1. The van der Waals surface area contributed by atoms with Crippen molar-refractivity contribution in [1.82, 2.24) is 5.32 Å². The number of carbonyl (C=O) groups is 2. The van der Waals surface area contributed by atoms with E-state index >= 15 is 0 Å². The summed E-state index contributed by atoms with van der Waals surface area (Å²) in [4.78, 5) is 36.2. The van der Waals surface area contributed by atoms with Crippen LogP contribution in [0.2, 0.25) is 5.02 Å². The number of rotatable bonds is 5. The van der Waals surface area contributed by atoms with E-state index < -0.39 is 10.8 Å². The number of fused-ring (bicyclic) bond motifs is 1. The van der Waals surface area contributed by atoms with Gasteiger partial charge in [0.15, 0.2) is 0 Å². The Kier molecular flexibility index (Phi) is 4.67. The van der Waals surface area contributed by atoms with Crippen molar-refractivity contribution in [2.24, 2.45) is 0 Å². The van der Waals surface area contributed by atoms with E-state index in [4.69, 9.17) is 11.6 Å². The maximum absolute atomic E-state index is 12.2. The Morgan fingerprint density at radius 3 is 2.80 bits per heavy atom. The number of nitro benzene ring substituents is 1. The lowest BCUT2D eigenvalue weighted by molar-refractivity contribution is -0.385. The number of nitro groups is 1. The highest BCUT2D eigenvalue weighted by molar-refractivity contribution is 6.31. The summed E-state index contributed by atoms with van der Waals surface area (Å²) in [5.74, 6) is -0.576. The third-order valence-corrected chi connectivity index (χ3v) is 4.18. The molecule has 0 spiro atoms. The number of para-hydroxylation sites is 1. The number of hydrogen-bond donors (Lipinski definition) is 1. The minimum Gasteiger partial charge on any atom is -0.350 e. The third kappa shape index (κ3) is 3.61. The molecule has 0 bridgehead atoms. The van der Waals surface area contributed by atoms with Gasteiger partial charge in [-0.05, 0) is 23.8 Å². The first-order chi connectivity index (χ1) is 12.0. The zero-order valence-electron chi connectivity index (χ0n) is 13.1. The Labute approximate surface area is 148 Å². The Bertz CT molecular complexity index is 869. The van der Waals surface area contributed by atoms with Gasteiger partial charge in [-0.1, -0.05) is 29.8 Å². The largest absolute Gasteiger partial charge is 0.350 e. The number of benzene rings is 2. The molecular formula is C17H14ClN3O4. The fraction of sp³-hybridized carbons (Fsp3) is 0.176. The van der Waals surface area contributed by atoms with Gasteiger partial charge in [-0.2, -0.15) is 0 Å². The standard InChI is InChI=1S/C17H14ClN3O4/c18-13-5-6-14-12(7-13)8-17(23)20(14)10-16(22)19-9-11-3-1-2-4-15(11)21(24)25/h1-7H,8-10H2,(H,19,22). The van der Waals surface area contributed by atoms with Crippen LogP contribution in [0.5, 0.6) is 0 Å². The smallest absolute Gasteiger partial charge is 0.274 e. The van der Waals surface area contributed by atoms with Crippen LogP contribution in [-0.4, -0.2) is 23.3 Å². The highest BCUT2D eigenvalue weighted by Gasteiger charge is 2.29. The molecule has 2 aromatic rings. The van der Waals surface area contributed by atoms with Crippen molar-refractivity contribution >= 4 is 34.8 Å². The first kappa shape index (κ1) is 16.9. The van der Waals surface area contributed by atoms with E-state index in [1.54, 1.807) is 36.4 Å². The van der Waals surface area contributed by atoms with Crippen molar-refractivity contribution in [3.05, 3.63) is 68.7 Å². The van der Waals surface area contributed by atoms with E-state index in [9.17, 15) is 19.7 Å². The molecule has 2 amide bonds. The van der Waals surface area contributed by atoms with Gasteiger partial charge >= 0.3 is 0 Å². The monoisotopic (exact) mass is 359 g/mol. The molecule has 128 valence electrons. The number of amides is 2. The molecule has 1 aliphatic rings. The van der Waals surface area contributed by atoms with E-state index in [0.717, 1.165) is 5.56 Å². The summed E-state index contributed by atoms with van der Waals surface area (Å²) in [5, 5.41) is 14.1. The molecule has 0 fully saturated rings. The molecule has 0 radical (unpaired) electrons. The van der Waals surface area contributed by atoms with Crippen molar-refractivity contribution in [2.45, 2.75) is 13.0 Å². The van der Waals surface area contributed by atoms with Crippen molar-refractivity contribution in [2.75, 3.05) is 11.4 Å². The predicted molar refractivity (Wildman–Crippen MR) is 92.5 cm³/mol. The van der Waals surface area contributed by atoms with Crippen LogP contribution in [0.4, 0.5) is 11.4 Å². The molecule has 0 saturated carbocycles. The zero-order chi connectivity index (χ0) is 18.0. The van der Waals surface area contributed by atoms with Crippen LogP contribution in [0.15, 0.2) is 42.5 Å². The topological polar surface area (TPSA) is 92.6 Å². The van der Waals surface area contributed by atoms with Crippen LogP contribution < -0.4 is 10.2 Å². The molecule has 0 saturated heterocycles. The number of nitrogens with zero attached hydrogens (tertiary/aromatic N) is 2. The first-order valence-corrected chi connectivity index (χ1v) is 7.91. The van der Waals surface area contributed by atoms with Gasteiger partial charge in [0.2, 0.25) is 11.8 Å². The maximum atomic E-state index is 12.2. The van der Waals surface area contributed by atoms with Crippen LogP contribution in [-0.2, 0) is 22.6 Å². The third-order valence-electron chi connectivity index (χ3n) is 3.94. The Morgan fingerprint density at radius 1 is 1.28 bits per heavy atom. The van der Waals surface area contributed by atoms with Crippen molar-refractivity contribution in [3.8, 4) is 0 Å². The van der Waals surface area contributed by atoms with Crippen molar-refractivity contribution < 1.29 is 14.5 Å². The molecule has 7 nitrogen and oxygen atoms in total. The second-order valence-electron chi connectivity index (χ2n) is 5.59. The molecule has 1 heterocycles. The van der Waals surface area contributed by atoms with Gasteiger partial charge in [-0.15, -0.1) is 0 Å². The van der Waals surface area contributed by atoms with Crippen LogP contribution >= 0.6 is 11.6 Å². The summed E-state index contributed by atoms with van der Waals surface area (Å²) < 4.78 is 0.